The van der Waals surface area contributed by atoms with E-state index in [0.717, 1.165) is 0 Å². The third-order valence-electron chi connectivity index (χ3n) is 4.01. The molecule has 1 saturated heterocycles. The summed E-state index contributed by atoms with van der Waals surface area (Å²) in [7, 11) is 0. The number of anilines is 1. The van der Waals surface area contributed by atoms with Gasteiger partial charge in [-0.25, -0.2) is 4.98 Å². The van der Waals surface area contributed by atoms with Gasteiger partial charge in [0.15, 0.2) is 23.5 Å². The zero-order valence-corrected chi connectivity index (χ0v) is 14.6. The Morgan fingerprint density at radius 3 is 2.84 bits per heavy atom. The molecule has 0 saturated carbocycles. The molecule has 0 spiro atoms. The number of nitrogen functional groups attached to an aromatic ring is 1. The highest BCUT2D eigenvalue weighted by Gasteiger charge is 2.47. The van der Waals surface area contributed by atoms with Crippen molar-refractivity contribution in [1.29, 1.82) is 0 Å². The lowest BCUT2D eigenvalue weighted by molar-refractivity contribution is -0.155. The van der Waals surface area contributed by atoms with E-state index in [1.165, 1.54) is 6.92 Å². The lowest BCUT2D eigenvalue weighted by atomic mass is 10.1. The number of aliphatic hydroxyl groups excluding tert-OH is 1. The molecule has 4 N–H and O–H groups in total. The number of aromatic nitrogens is 4. The number of ether oxygens (including phenoxy) is 2. The van der Waals surface area contributed by atoms with Gasteiger partial charge in [-0.15, -0.1) is 0 Å². The summed E-state index contributed by atoms with van der Waals surface area (Å²) in [6.07, 6.45) is -3.15. The summed E-state index contributed by atoms with van der Waals surface area (Å²) >= 11 is 4.16. The third kappa shape index (κ3) is 2.98. The van der Waals surface area contributed by atoms with E-state index in [9.17, 15) is 14.7 Å². The van der Waals surface area contributed by atoms with Crippen LogP contribution in [0.25, 0.3) is 11.2 Å². The van der Waals surface area contributed by atoms with Crippen LogP contribution in [0.3, 0.4) is 0 Å². The van der Waals surface area contributed by atoms with Crippen LogP contribution >= 0.6 is 12.6 Å². The number of nitrogens with two attached hydrogens (primary N) is 1. The molecule has 2 aromatic heterocycles. The molecular formula is C14H19N5O5S. The molecule has 2 aromatic rings. The van der Waals surface area contributed by atoms with Crippen molar-refractivity contribution in [3.05, 3.63) is 16.2 Å². The van der Waals surface area contributed by atoms with E-state index in [2.05, 4.69) is 27.6 Å². The molecule has 136 valence electrons. The molecule has 1 aliphatic rings. The average molecular weight is 369 g/mol. The topological polar surface area (TPSA) is 145 Å². The van der Waals surface area contributed by atoms with Crippen LogP contribution in [0.5, 0.6) is 0 Å². The highest BCUT2D eigenvalue weighted by Crippen LogP contribution is 2.35. The molecule has 0 radical (unpaired) electrons. The SMILES string of the molecule is CCc1nc2c(=O)[nH]c(N)nc2n1[C@@H]1O[C@H](CS)[C@@H](O)[C@H]1OC(C)=O. The molecule has 0 aromatic carbocycles. The average Bonchev–Trinajstić information content (AvgIpc) is 3.05. The first kappa shape index (κ1) is 17.7. The fourth-order valence-corrected chi connectivity index (χ4v) is 3.26. The largest absolute Gasteiger partial charge is 0.455 e. The number of hydrogen-bond donors (Lipinski definition) is 4. The summed E-state index contributed by atoms with van der Waals surface area (Å²) in [4.78, 5) is 34.4. The van der Waals surface area contributed by atoms with Gasteiger partial charge in [-0.2, -0.15) is 17.6 Å². The normalized spacial score (nSPS) is 26.2. The Kier molecular flexibility index (Phi) is 4.71. The molecule has 0 amide bonds. The summed E-state index contributed by atoms with van der Waals surface area (Å²) in [6.45, 7) is 3.09. The highest BCUT2D eigenvalue weighted by molar-refractivity contribution is 7.80. The summed E-state index contributed by atoms with van der Waals surface area (Å²) in [5.74, 6) is 0.0762. The van der Waals surface area contributed by atoms with Gasteiger partial charge < -0.3 is 20.3 Å². The number of H-pyrrole nitrogens is 1. The number of aromatic amines is 1. The van der Waals surface area contributed by atoms with Crippen molar-refractivity contribution >= 4 is 35.7 Å². The van der Waals surface area contributed by atoms with E-state index in [4.69, 9.17) is 15.2 Å². The van der Waals surface area contributed by atoms with Crippen LogP contribution < -0.4 is 11.3 Å². The maximum atomic E-state index is 12.1. The number of nitrogens with zero attached hydrogens (tertiary/aromatic N) is 3. The van der Waals surface area contributed by atoms with Crippen LogP contribution in [0, 0.1) is 0 Å². The maximum absolute atomic E-state index is 12.1. The maximum Gasteiger partial charge on any atom is 0.303 e. The van der Waals surface area contributed by atoms with Gasteiger partial charge in [0.2, 0.25) is 5.95 Å². The van der Waals surface area contributed by atoms with Crippen molar-refractivity contribution in [2.24, 2.45) is 0 Å². The lowest BCUT2D eigenvalue weighted by Gasteiger charge is -2.22. The first-order valence-corrected chi connectivity index (χ1v) is 8.38. The second kappa shape index (κ2) is 6.65. The summed E-state index contributed by atoms with van der Waals surface area (Å²) < 4.78 is 12.6. The van der Waals surface area contributed by atoms with E-state index in [1.54, 1.807) is 4.57 Å². The van der Waals surface area contributed by atoms with Gasteiger partial charge in [-0.1, -0.05) is 6.92 Å². The van der Waals surface area contributed by atoms with Crippen molar-refractivity contribution in [3.8, 4) is 0 Å². The smallest absolute Gasteiger partial charge is 0.303 e. The van der Waals surface area contributed by atoms with E-state index in [1.807, 2.05) is 6.92 Å². The number of aliphatic hydroxyl groups is 1. The first-order chi connectivity index (χ1) is 11.9. The number of carbonyl (C=O) groups is 1. The first-order valence-electron chi connectivity index (χ1n) is 7.75. The molecular weight excluding hydrogens is 350 g/mol. The number of carbonyl (C=O) groups excluding carboxylic acids is 1. The van der Waals surface area contributed by atoms with Crippen LogP contribution in [0.1, 0.15) is 25.9 Å². The second-order valence-corrected chi connectivity index (χ2v) is 6.05. The van der Waals surface area contributed by atoms with Gasteiger partial charge in [0, 0.05) is 19.1 Å². The fraction of sp³-hybridized carbons (Fsp3) is 0.571. The molecule has 1 aliphatic heterocycles. The Hall–Kier alpha value is -2.11. The zero-order chi connectivity index (χ0) is 18.3. The third-order valence-corrected chi connectivity index (χ3v) is 4.37. The van der Waals surface area contributed by atoms with Gasteiger partial charge in [0.05, 0.1) is 6.10 Å². The Balaban J connectivity index is 2.19. The van der Waals surface area contributed by atoms with Crippen molar-refractivity contribution < 1.29 is 19.4 Å². The molecule has 4 atom stereocenters. The predicted molar refractivity (Wildman–Crippen MR) is 91.3 cm³/mol. The number of esters is 1. The van der Waals surface area contributed by atoms with Crippen molar-refractivity contribution in [2.75, 3.05) is 11.5 Å². The monoisotopic (exact) mass is 369 g/mol. The lowest BCUT2D eigenvalue weighted by Crippen LogP contribution is -2.36. The number of rotatable bonds is 4. The summed E-state index contributed by atoms with van der Waals surface area (Å²) in [5.41, 5.74) is 5.46. The number of imidazole rings is 1. The van der Waals surface area contributed by atoms with E-state index < -0.39 is 36.1 Å². The molecule has 0 unspecified atom stereocenters. The standard InChI is InChI=1S/C14H19N5O5S/c1-3-7-16-8-11(17-14(15)18-12(8)22)19(7)13-10(23-5(2)20)9(21)6(4-25)24-13/h6,9-10,13,21,25H,3-4H2,1-2H3,(H3,15,17,18,22)/t6-,9-,10-,13-/m1/s1. The van der Waals surface area contributed by atoms with Gasteiger partial charge >= 0.3 is 5.97 Å². The fourth-order valence-electron chi connectivity index (χ4n) is 2.96. The Labute approximate surface area is 147 Å². The highest BCUT2D eigenvalue weighted by atomic mass is 32.1. The van der Waals surface area contributed by atoms with E-state index >= 15 is 0 Å². The number of aryl methyl sites for hydroxylation is 1. The molecule has 25 heavy (non-hydrogen) atoms. The zero-order valence-electron chi connectivity index (χ0n) is 13.7. The molecule has 10 nitrogen and oxygen atoms in total. The molecule has 3 heterocycles. The van der Waals surface area contributed by atoms with Gasteiger partial charge in [0.25, 0.3) is 5.56 Å². The summed E-state index contributed by atoms with van der Waals surface area (Å²) in [6, 6.07) is 0. The van der Waals surface area contributed by atoms with Crippen LogP contribution in [0.15, 0.2) is 4.79 Å². The Morgan fingerprint density at radius 1 is 1.52 bits per heavy atom. The Morgan fingerprint density at radius 2 is 2.24 bits per heavy atom. The van der Waals surface area contributed by atoms with Crippen LogP contribution in [-0.4, -0.2) is 54.7 Å². The second-order valence-electron chi connectivity index (χ2n) is 5.69. The van der Waals surface area contributed by atoms with Crippen LogP contribution in [0.2, 0.25) is 0 Å². The minimum Gasteiger partial charge on any atom is -0.455 e. The van der Waals surface area contributed by atoms with E-state index in [0.29, 0.717) is 12.2 Å². The number of fused-ring (bicyclic) bond motifs is 1. The minimum atomic E-state index is -1.08. The molecule has 0 bridgehead atoms. The number of nitrogens with one attached hydrogen (secondary N) is 1. The van der Waals surface area contributed by atoms with Gasteiger partial charge in [-0.3, -0.25) is 19.1 Å². The summed E-state index contributed by atoms with van der Waals surface area (Å²) in [5, 5.41) is 10.4. The molecule has 11 heteroatoms. The van der Waals surface area contributed by atoms with Crippen molar-refractivity contribution in [1.82, 2.24) is 19.5 Å². The van der Waals surface area contributed by atoms with E-state index in [-0.39, 0.29) is 22.9 Å². The molecule has 1 fully saturated rings. The minimum absolute atomic E-state index is 0.0744. The quantitative estimate of drug-likeness (QED) is 0.412. The van der Waals surface area contributed by atoms with Crippen LogP contribution in [-0.2, 0) is 20.7 Å². The van der Waals surface area contributed by atoms with Crippen molar-refractivity contribution in [2.45, 2.75) is 44.8 Å². The number of hydrogen-bond acceptors (Lipinski definition) is 9. The Bertz CT molecular complexity index is 865. The van der Waals surface area contributed by atoms with Crippen LogP contribution in [0.4, 0.5) is 5.95 Å². The molecule has 3 rings (SSSR count). The van der Waals surface area contributed by atoms with Gasteiger partial charge in [0.1, 0.15) is 11.9 Å². The van der Waals surface area contributed by atoms with Gasteiger partial charge in [-0.05, 0) is 0 Å². The number of thiol groups is 1. The van der Waals surface area contributed by atoms with Crippen molar-refractivity contribution in [3.63, 3.8) is 0 Å². The molecule has 0 aliphatic carbocycles. The predicted octanol–water partition coefficient (Wildman–Crippen LogP) is -0.616.